The zero-order valence-electron chi connectivity index (χ0n) is 15.2. The maximum atomic E-state index is 13.8. The number of amides is 1. The summed E-state index contributed by atoms with van der Waals surface area (Å²) in [7, 11) is 0. The van der Waals surface area contributed by atoms with E-state index in [4.69, 9.17) is 9.26 Å². The highest BCUT2D eigenvalue weighted by Crippen LogP contribution is 2.21. The predicted octanol–water partition coefficient (Wildman–Crippen LogP) is 2.61. The summed E-state index contributed by atoms with van der Waals surface area (Å²) in [6.45, 7) is 3.11. The third kappa shape index (κ3) is 4.69. The molecule has 0 N–H and O–H groups in total. The Morgan fingerprint density at radius 3 is 2.96 bits per heavy atom. The molecule has 0 bridgehead atoms. The second-order valence-electron chi connectivity index (χ2n) is 6.42. The van der Waals surface area contributed by atoms with Crippen LogP contribution in [-0.2, 0) is 20.7 Å². The molecule has 3 rings (SSSR count). The van der Waals surface area contributed by atoms with Crippen molar-refractivity contribution in [2.45, 2.75) is 32.6 Å². The third-order valence-electron chi connectivity index (χ3n) is 4.53. The first-order chi connectivity index (χ1) is 13.1. The van der Waals surface area contributed by atoms with Crippen molar-refractivity contribution in [2.24, 2.45) is 5.92 Å². The van der Waals surface area contributed by atoms with E-state index in [0.29, 0.717) is 19.7 Å². The Morgan fingerprint density at radius 2 is 2.19 bits per heavy atom. The Morgan fingerprint density at radius 1 is 1.37 bits per heavy atom. The molecule has 0 aliphatic carbocycles. The lowest BCUT2D eigenvalue weighted by Gasteiger charge is -2.31. The highest BCUT2D eigenvalue weighted by Gasteiger charge is 2.29. The fourth-order valence-corrected chi connectivity index (χ4v) is 3.14. The van der Waals surface area contributed by atoms with Crippen LogP contribution in [0.25, 0.3) is 11.4 Å². The van der Waals surface area contributed by atoms with Gasteiger partial charge in [-0.25, -0.2) is 4.39 Å². The number of benzene rings is 1. The summed E-state index contributed by atoms with van der Waals surface area (Å²) in [5, 5.41) is 3.78. The van der Waals surface area contributed by atoms with Gasteiger partial charge in [-0.2, -0.15) is 4.98 Å². The number of halogens is 1. The quantitative estimate of drug-likeness (QED) is 0.722. The number of esters is 1. The Hall–Kier alpha value is -2.77. The number of piperidine rings is 1. The van der Waals surface area contributed by atoms with Crippen LogP contribution >= 0.6 is 0 Å². The molecule has 0 radical (unpaired) electrons. The maximum absolute atomic E-state index is 13.8. The Bertz CT molecular complexity index is 808. The minimum Gasteiger partial charge on any atom is -0.466 e. The largest absolute Gasteiger partial charge is 0.466 e. The minimum absolute atomic E-state index is 0.0744. The molecule has 7 nitrogen and oxygen atoms in total. The zero-order valence-corrected chi connectivity index (χ0v) is 15.2. The van der Waals surface area contributed by atoms with Gasteiger partial charge in [-0.3, -0.25) is 9.59 Å². The van der Waals surface area contributed by atoms with Crippen molar-refractivity contribution in [3.8, 4) is 11.4 Å². The first kappa shape index (κ1) is 19.0. The Kier molecular flexibility index (Phi) is 6.16. The SMILES string of the molecule is CCOC(=O)[C@H]1CCCN(C(=O)CCc2nc(-c3ccccc3F)no2)C1. The second-order valence-corrected chi connectivity index (χ2v) is 6.42. The number of likely N-dealkylation sites (tertiary alicyclic amines) is 1. The first-order valence-corrected chi connectivity index (χ1v) is 9.10. The van der Waals surface area contributed by atoms with E-state index in [2.05, 4.69) is 10.1 Å². The predicted molar refractivity (Wildman–Crippen MR) is 94.0 cm³/mol. The van der Waals surface area contributed by atoms with Crippen LogP contribution in [0, 0.1) is 11.7 Å². The molecule has 1 aromatic heterocycles. The van der Waals surface area contributed by atoms with Crippen molar-refractivity contribution in [2.75, 3.05) is 19.7 Å². The summed E-state index contributed by atoms with van der Waals surface area (Å²) in [4.78, 5) is 30.2. The molecule has 0 spiro atoms. The van der Waals surface area contributed by atoms with Crippen LogP contribution in [0.4, 0.5) is 4.39 Å². The molecule has 1 amide bonds. The number of carbonyl (C=O) groups excluding carboxylic acids is 2. The van der Waals surface area contributed by atoms with E-state index in [1.54, 1.807) is 30.0 Å². The number of rotatable bonds is 6. The molecule has 1 atom stereocenters. The van der Waals surface area contributed by atoms with E-state index in [9.17, 15) is 14.0 Å². The number of hydrogen-bond acceptors (Lipinski definition) is 6. The minimum atomic E-state index is -0.431. The standard InChI is InChI=1S/C19H22FN3O4/c1-2-26-19(25)13-6-5-11-23(12-13)17(24)10-9-16-21-18(22-27-16)14-7-3-4-8-15(14)20/h3-4,7-8,13H,2,5-6,9-12H2,1H3/t13-/m0/s1. The van der Waals surface area contributed by atoms with Gasteiger partial charge in [0.05, 0.1) is 18.1 Å². The summed E-state index contributed by atoms with van der Waals surface area (Å²) in [5.41, 5.74) is 0.257. The number of nitrogens with zero attached hydrogens (tertiary/aromatic N) is 3. The van der Waals surface area contributed by atoms with E-state index in [-0.39, 0.29) is 47.9 Å². The van der Waals surface area contributed by atoms with Gasteiger partial charge in [0, 0.05) is 25.9 Å². The van der Waals surface area contributed by atoms with E-state index in [0.717, 1.165) is 12.8 Å². The highest BCUT2D eigenvalue weighted by molar-refractivity contribution is 5.78. The van der Waals surface area contributed by atoms with Crippen LogP contribution in [0.1, 0.15) is 32.1 Å². The van der Waals surface area contributed by atoms with Crippen LogP contribution < -0.4 is 0 Å². The summed E-state index contributed by atoms with van der Waals surface area (Å²) in [6, 6.07) is 6.17. The molecule has 144 valence electrons. The molecule has 1 saturated heterocycles. The lowest BCUT2D eigenvalue weighted by Crippen LogP contribution is -2.42. The van der Waals surface area contributed by atoms with Gasteiger partial charge in [-0.15, -0.1) is 0 Å². The average Bonchev–Trinajstić information content (AvgIpc) is 3.15. The number of carbonyl (C=O) groups is 2. The van der Waals surface area contributed by atoms with E-state index in [1.807, 2.05) is 0 Å². The molecule has 1 aliphatic rings. The van der Waals surface area contributed by atoms with Gasteiger partial charge in [0.15, 0.2) is 0 Å². The van der Waals surface area contributed by atoms with Gasteiger partial charge in [-0.05, 0) is 31.9 Å². The van der Waals surface area contributed by atoms with E-state index in [1.165, 1.54) is 6.07 Å². The van der Waals surface area contributed by atoms with Crippen LogP contribution in [0.15, 0.2) is 28.8 Å². The third-order valence-corrected chi connectivity index (χ3v) is 4.53. The summed E-state index contributed by atoms with van der Waals surface area (Å²) >= 11 is 0. The van der Waals surface area contributed by atoms with Crippen molar-refractivity contribution in [3.05, 3.63) is 36.0 Å². The molecular weight excluding hydrogens is 353 g/mol. The van der Waals surface area contributed by atoms with Crippen molar-refractivity contribution in [1.82, 2.24) is 15.0 Å². The number of hydrogen-bond donors (Lipinski definition) is 0. The molecule has 2 heterocycles. The molecule has 1 aliphatic heterocycles. The number of ether oxygens (including phenoxy) is 1. The van der Waals surface area contributed by atoms with E-state index >= 15 is 0 Å². The lowest BCUT2D eigenvalue weighted by atomic mass is 9.98. The molecule has 0 saturated carbocycles. The summed E-state index contributed by atoms with van der Waals surface area (Å²) < 4.78 is 24.0. The number of aromatic nitrogens is 2. The molecule has 8 heteroatoms. The van der Waals surface area contributed by atoms with Crippen LogP contribution in [0.2, 0.25) is 0 Å². The normalized spacial score (nSPS) is 17.0. The van der Waals surface area contributed by atoms with Crippen LogP contribution in [0.3, 0.4) is 0 Å². The second kappa shape index (κ2) is 8.75. The molecule has 2 aromatic rings. The van der Waals surface area contributed by atoms with Crippen molar-refractivity contribution < 1.29 is 23.2 Å². The van der Waals surface area contributed by atoms with Crippen molar-refractivity contribution >= 4 is 11.9 Å². The van der Waals surface area contributed by atoms with Gasteiger partial charge in [0.1, 0.15) is 5.82 Å². The van der Waals surface area contributed by atoms with Crippen molar-refractivity contribution in [1.29, 1.82) is 0 Å². The van der Waals surface area contributed by atoms with Gasteiger partial charge < -0.3 is 14.2 Å². The highest BCUT2D eigenvalue weighted by atomic mass is 19.1. The van der Waals surface area contributed by atoms with Crippen LogP contribution in [0.5, 0.6) is 0 Å². The fourth-order valence-electron chi connectivity index (χ4n) is 3.14. The Balaban J connectivity index is 1.55. The smallest absolute Gasteiger partial charge is 0.310 e. The summed E-state index contributed by atoms with van der Waals surface area (Å²) in [5.74, 6) is -0.578. The molecule has 1 fully saturated rings. The van der Waals surface area contributed by atoms with Crippen molar-refractivity contribution in [3.63, 3.8) is 0 Å². The topological polar surface area (TPSA) is 85.5 Å². The average molecular weight is 375 g/mol. The molecule has 1 aromatic carbocycles. The fraction of sp³-hybridized carbons (Fsp3) is 0.474. The monoisotopic (exact) mass is 375 g/mol. The molecule has 27 heavy (non-hydrogen) atoms. The van der Waals surface area contributed by atoms with Crippen LogP contribution in [-0.4, -0.2) is 46.6 Å². The molecule has 0 unspecified atom stereocenters. The molecular formula is C19H22FN3O4. The van der Waals surface area contributed by atoms with Gasteiger partial charge in [0.2, 0.25) is 17.6 Å². The van der Waals surface area contributed by atoms with E-state index < -0.39 is 5.82 Å². The van der Waals surface area contributed by atoms with Gasteiger partial charge in [-0.1, -0.05) is 17.3 Å². The zero-order chi connectivity index (χ0) is 19.2. The number of aryl methyl sites for hydroxylation is 1. The maximum Gasteiger partial charge on any atom is 0.310 e. The Labute approximate surface area is 156 Å². The van der Waals surface area contributed by atoms with Gasteiger partial charge in [0.25, 0.3) is 0 Å². The van der Waals surface area contributed by atoms with Gasteiger partial charge >= 0.3 is 5.97 Å². The first-order valence-electron chi connectivity index (χ1n) is 9.10. The lowest BCUT2D eigenvalue weighted by molar-refractivity contribution is -0.151. The summed E-state index contributed by atoms with van der Waals surface area (Å²) in [6.07, 6.45) is 1.96.